The third kappa shape index (κ3) is 3.06. The van der Waals surface area contributed by atoms with Gasteiger partial charge in [-0.05, 0) is 40.2 Å². The molecule has 5 rings (SSSR count). The number of hydrogen-bond donors (Lipinski definition) is 0. The highest BCUT2D eigenvalue weighted by Gasteiger charge is 2.39. The van der Waals surface area contributed by atoms with Crippen molar-refractivity contribution >= 4 is 27.8 Å². The molecule has 0 aliphatic carbocycles. The van der Waals surface area contributed by atoms with E-state index in [4.69, 9.17) is 4.74 Å². The molecular formula is C29H31NO2. The molecule has 0 saturated heterocycles. The van der Waals surface area contributed by atoms with Crippen LogP contribution in [0.25, 0.3) is 21.8 Å². The maximum absolute atomic E-state index is 13.2. The number of hydrogen-bond acceptors (Lipinski definition) is 2. The van der Waals surface area contributed by atoms with Crippen LogP contribution in [0.15, 0.2) is 54.6 Å². The van der Waals surface area contributed by atoms with E-state index in [1.54, 1.807) is 0 Å². The van der Waals surface area contributed by atoms with Crippen molar-refractivity contribution < 1.29 is 9.53 Å². The summed E-state index contributed by atoms with van der Waals surface area (Å²) in [6, 6.07) is 19.2. The molecule has 0 spiro atoms. The molecule has 32 heavy (non-hydrogen) atoms. The van der Waals surface area contributed by atoms with Crippen molar-refractivity contribution in [2.75, 3.05) is 0 Å². The van der Waals surface area contributed by atoms with Gasteiger partial charge in [-0.1, -0.05) is 77.9 Å². The van der Waals surface area contributed by atoms with Crippen LogP contribution in [-0.4, -0.2) is 10.5 Å². The van der Waals surface area contributed by atoms with Gasteiger partial charge in [-0.2, -0.15) is 0 Å². The molecule has 1 unspecified atom stereocenters. The molecule has 1 aromatic heterocycles. The summed E-state index contributed by atoms with van der Waals surface area (Å²) in [5.74, 6) is 0.159. The molecule has 4 aromatic rings. The molecule has 0 radical (unpaired) electrons. The number of benzene rings is 3. The number of fused-ring (bicyclic) bond motifs is 4. The second kappa shape index (κ2) is 6.71. The third-order valence-electron chi connectivity index (χ3n) is 6.81. The standard InChI is InChI=1S/C29H31NO2/c1-28(2,3)18-15-21-25(27(31)32-26(21)22(16-18)29(4,5)6)17-12-13-24-20(14-17)19-10-8-9-11-23(19)30(24)7/h8-16,25H,1-7H3. The largest absolute Gasteiger partial charge is 0.425 e. The van der Waals surface area contributed by atoms with Gasteiger partial charge in [0.25, 0.3) is 0 Å². The minimum absolute atomic E-state index is 0.0230. The van der Waals surface area contributed by atoms with Gasteiger partial charge in [-0.3, -0.25) is 4.79 Å². The molecule has 164 valence electrons. The van der Waals surface area contributed by atoms with Crippen molar-refractivity contribution in [1.29, 1.82) is 0 Å². The number of aromatic nitrogens is 1. The lowest BCUT2D eigenvalue weighted by Crippen LogP contribution is -2.17. The summed E-state index contributed by atoms with van der Waals surface area (Å²) in [4.78, 5) is 13.2. The van der Waals surface area contributed by atoms with Crippen molar-refractivity contribution in [2.24, 2.45) is 7.05 Å². The Morgan fingerprint density at radius 3 is 2.19 bits per heavy atom. The molecule has 0 amide bonds. The predicted octanol–water partition coefficient (Wildman–Crippen LogP) is 6.98. The van der Waals surface area contributed by atoms with Crippen LogP contribution in [0.2, 0.25) is 0 Å². The number of para-hydroxylation sites is 1. The molecule has 0 saturated carbocycles. The number of carbonyl (C=O) groups is 1. The first-order valence-electron chi connectivity index (χ1n) is 11.3. The summed E-state index contributed by atoms with van der Waals surface area (Å²) in [7, 11) is 2.09. The van der Waals surface area contributed by atoms with E-state index in [2.05, 4.69) is 108 Å². The zero-order chi connectivity index (χ0) is 23.0. The number of esters is 1. The molecule has 1 aliphatic heterocycles. The van der Waals surface area contributed by atoms with Crippen molar-refractivity contribution in [3.63, 3.8) is 0 Å². The minimum Gasteiger partial charge on any atom is -0.425 e. The first-order valence-corrected chi connectivity index (χ1v) is 11.3. The van der Waals surface area contributed by atoms with Crippen LogP contribution < -0.4 is 4.74 Å². The molecule has 3 heteroatoms. The van der Waals surface area contributed by atoms with Crippen LogP contribution in [0.4, 0.5) is 0 Å². The van der Waals surface area contributed by atoms with Gasteiger partial charge in [0.1, 0.15) is 11.7 Å². The molecule has 0 fully saturated rings. The fraction of sp³-hybridized carbons (Fsp3) is 0.345. The van der Waals surface area contributed by atoms with E-state index >= 15 is 0 Å². The Labute approximate surface area is 190 Å². The zero-order valence-electron chi connectivity index (χ0n) is 20.0. The van der Waals surface area contributed by atoms with Gasteiger partial charge >= 0.3 is 5.97 Å². The van der Waals surface area contributed by atoms with Gasteiger partial charge in [0.15, 0.2) is 0 Å². The molecule has 3 nitrogen and oxygen atoms in total. The van der Waals surface area contributed by atoms with Crippen LogP contribution in [0.5, 0.6) is 5.75 Å². The summed E-state index contributed by atoms with van der Waals surface area (Å²) >= 11 is 0. The minimum atomic E-state index is -0.406. The summed E-state index contributed by atoms with van der Waals surface area (Å²) in [5, 5.41) is 2.38. The quantitative estimate of drug-likeness (QED) is 0.243. The molecule has 1 aliphatic rings. The summed E-state index contributed by atoms with van der Waals surface area (Å²) in [5.41, 5.74) is 6.53. The van der Waals surface area contributed by atoms with Gasteiger partial charge in [0, 0.05) is 40.0 Å². The Morgan fingerprint density at radius 2 is 1.50 bits per heavy atom. The normalized spacial score (nSPS) is 16.6. The Morgan fingerprint density at radius 1 is 0.812 bits per heavy atom. The van der Waals surface area contributed by atoms with Gasteiger partial charge in [0.2, 0.25) is 0 Å². The number of nitrogens with zero attached hydrogens (tertiary/aromatic N) is 1. The maximum atomic E-state index is 13.2. The van der Waals surface area contributed by atoms with E-state index in [-0.39, 0.29) is 16.8 Å². The average molecular weight is 426 g/mol. The zero-order valence-corrected chi connectivity index (χ0v) is 20.0. The van der Waals surface area contributed by atoms with E-state index < -0.39 is 5.92 Å². The molecule has 3 aromatic carbocycles. The SMILES string of the molecule is Cn1c2ccccc2c2cc(C3C(=O)Oc4c3cc(C(C)(C)C)cc4C(C)(C)C)ccc21. The predicted molar refractivity (Wildman–Crippen MR) is 132 cm³/mol. The maximum Gasteiger partial charge on any atom is 0.323 e. The highest BCUT2D eigenvalue weighted by Crippen LogP contribution is 2.47. The lowest BCUT2D eigenvalue weighted by Gasteiger charge is -2.27. The molecule has 0 bridgehead atoms. The Bertz CT molecular complexity index is 1390. The number of carbonyl (C=O) groups excluding carboxylic acids is 1. The Balaban J connectivity index is 1.76. The van der Waals surface area contributed by atoms with E-state index in [0.29, 0.717) is 0 Å². The molecular weight excluding hydrogens is 394 g/mol. The molecule has 2 heterocycles. The Kier molecular flexibility index (Phi) is 4.37. The lowest BCUT2D eigenvalue weighted by molar-refractivity contribution is -0.133. The fourth-order valence-corrected chi connectivity index (χ4v) is 4.94. The monoisotopic (exact) mass is 425 g/mol. The van der Waals surface area contributed by atoms with Crippen LogP contribution in [0.3, 0.4) is 0 Å². The van der Waals surface area contributed by atoms with Crippen LogP contribution in [0, 0.1) is 0 Å². The fourth-order valence-electron chi connectivity index (χ4n) is 4.94. The van der Waals surface area contributed by atoms with Crippen molar-refractivity contribution in [3.8, 4) is 5.75 Å². The Hall–Kier alpha value is -3.07. The van der Waals surface area contributed by atoms with E-state index in [1.807, 2.05) is 0 Å². The van der Waals surface area contributed by atoms with Gasteiger partial charge in [0.05, 0.1) is 0 Å². The number of aryl methyl sites for hydroxylation is 1. The lowest BCUT2D eigenvalue weighted by atomic mass is 9.77. The summed E-state index contributed by atoms with van der Waals surface area (Å²) in [6.45, 7) is 13.2. The van der Waals surface area contributed by atoms with Gasteiger partial charge in [-0.25, -0.2) is 0 Å². The van der Waals surface area contributed by atoms with Gasteiger partial charge in [-0.15, -0.1) is 0 Å². The number of rotatable bonds is 1. The van der Waals surface area contributed by atoms with Crippen molar-refractivity contribution in [3.05, 3.63) is 76.9 Å². The smallest absolute Gasteiger partial charge is 0.323 e. The van der Waals surface area contributed by atoms with Crippen LogP contribution in [0.1, 0.15) is 69.7 Å². The van der Waals surface area contributed by atoms with E-state index in [9.17, 15) is 4.79 Å². The van der Waals surface area contributed by atoms with Gasteiger partial charge < -0.3 is 9.30 Å². The van der Waals surface area contributed by atoms with E-state index in [0.717, 1.165) is 22.4 Å². The first-order chi connectivity index (χ1) is 15.0. The summed E-state index contributed by atoms with van der Waals surface area (Å²) < 4.78 is 8.17. The second-order valence-corrected chi connectivity index (χ2v) is 11.1. The highest BCUT2D eigenvalue weighted by molar-refractivity contribution is 6.08. The van der Waals surface area contributed by atoms with E-state index in [1.165, 1.54) is 27.4 Å². The topological polar surface area (TPSA) is 31.2 Å². The molecule has 1 atom stereocenters. The first kappa shape index (κ1) is 20.8. The van der Waals surface area contributed by atoms with Crippen molar-refractivity contribution in [2.45, 2.75) is 58.3 Å². The second-order valence-electron chi connectivity index (χ2n) is 11.1. The highest BCUT2D eigenvalue weighted by atomic mass is 16.5. The van der Waals surface area contributed by atoms with Crippen molar-refractivity contribution in [1.82, 2.24) is 4.57 Å². The van der Waals surface area contributed by atoms with Crippen LogP contribution >= 0.6 is 0 Å². The molecule has 0 N–H and O–H groups in total. The third-order valence-corrected chi connectivity index (χ3v) is 6.81. The average Bonchev–Trinajstić information content (AvgIpc) is 3.20. The summed E-state index contributed by atoms with van der Waals surface area (Å²) in [6.07, 6.45) is 0. The van der Waals surface area contributed by atoms with Crippen LogP contribution in [-0.2, 0) is 22.7 Å². The number of ether oxygens (including phenoxy) is 1.